The molecule has 0 aromatic carbocycles. The molecule has 1 unspecified atom stereocenters. The lowest BCUT2D eigenvalue weighted by Gasteiger charge is -2.17. The fraction of sp³-hybridized carbons (Fsp3) is 0.250. The number of hydrazine groups is 1. The van der Waals surface area contributed by atoms with E-state index < -0.39 is 0 Å². The number of nitrogens with one attached hydrogen (secondary N) is 2. The van der Waals surface area contributed by atoms with Gasteiger partial charge in [-0.3, -0.25) is 4.98 Å². The van der Waals surface area contributed by atoms with Gasteiger partial charge in [-0.1, -0.05) is 11.6 Å². The van der Waals surface area contributed by atoms with Crippen LogP contribution >= 0.6 is 11.6 Å². The van der Waals surface area contributed by atoms with Crippen molar-refractivity contribution in [2.45, 2.75) is 6.04 Å². The molecule has 0 radical (unpaired) electrons. The molecule has 0 fully saturated rings. The SMILES string of the molecule is CN/C=C(/c1cnc2ccc(Cl)nc2c1)C(N)C1=CN(C)NC1. The second-order valence-electron chi connectivity index (χ2n) is 5.41. The average molecular weight is 331 g/mol. The summed E-state index contributed by atoms with van der Waals surface area (Å²) in [5.41, 5.74) is 14.2. The van der Waals surface area contributed by atoms with Gasteiger partial charge in [-0.2, -0.15) is 0 Å². The first kappa shape index (κ1) is 15.7. The quantitative estimate of drug-likeness (QED) is 0.737. The summed E-state index contributed by atoms with van der Waals surface area (Å²) in [6.07, 6.45) is 5.72. The minimum absolute atomic E-state index is 0.238. The minimum Gasteiger partial charge on any atom is -0.394 e. The molecule has 1 aliphatic rings. The molecule has 0 saturated heterocycles. The first-order valence-corrected chi connectivity index (χ1v) is 7.69. The van der Waals surface area contributed by atoms with E-state index >= 15 is 0 Å². The second-order valence-corrected chi connectivity index (χ2v) is 5.80. The van der Waals surface area contributed by atoms with Gasteiger partial charge in [-0.15, -0.1) is 0 Å². The fourth-order valence-electron chi connectivity index (χ4n) is 2.59. The highest BCUT2D eigenvalue weighted by Gasteiger charge is 2.21. The van der Waals surface area contributed by atoms with Crippen molar-refractivity contribution in [3.63, 3.8) is 0 Å². The summed E-state index contributed by atoms with van der Waals surface area (Å²) in [6, 6.07) is 5.31. The van der Waals surface area contributed by atoms with Crippen LogP contribution < -0.4 is 16.5 Å². The van der Waals surface area contributed by atoms with E-state index in [-0.39, 0.29) is 6.04 Å². The van der Waals surface area contributed by atoms with Crippen molar-refractivity contribution < 1.29 is 0 Å². The third-order valence-corrected chi connectivity index (χ3v) is 3.97. The first-order chi connectivity index (χ1) is 11.1. The number of nitrogens with zero attached hydrogens (tertiary/aromatic N) is 3. The maximum atomic E-state index is 6.46. The number of rotatable bonds is 4. The topological polar surface area (TPSA) is 79.1 Å². The molecule has 7 heteroatoms. The van der Waals surface area contributed by atoms with Gasteiger partial charge < -0.3 is 16.1 Å². The number of fused-ring (bicyclic) bond motifs is 1. The number of hydrogen-bond acceptors (Lipinski definition) is 6. The van der Waals surface area contributed by atoms with Crippen molar-refractivity contribution in [2.75, 3.05) is 20.6 Å². The normalized spacial score (nSPS) is 16.6. The van der Waals surface area contributed by atoms with Crippen LogP contribution in [0.1, 0.15) is 5.56 Å². The summed E-state index contributed by atoms with van der Waals surface area (Å²) in [4.78, 5) is 8.79. The summed E-state index contributed by atoms with van der Waals surface area (Å²) in [7, 11) is 3.80. The number of nitrogens with two attached hydrogens (primary N) is 1. The van der Waals surface area contributed by atoms with E-state index in [0.717, 1.165) is 34.3 Å². The highest BCUT2D eigenvalue weighted by Crippen LogP contribution is 2.25. The zero-order chi connectivity index (χ0) is 16.4. The highest BCUT2D eigenvalue weighted by atomic mass is 35.5. The van der Waals surface area contributed by atoms with E-state index in [9.17, 15) is 0 Å². The number of aromatic nitrogens is 2. The van der Waals surface area contributed by atoms with Crippen LogP contribution in [0.3, 0.4) is 0 Å². The van der Waals surface area contributed by atoms with E-state index in [4.69, 9.17) is 17.3 Å². The van der Waals surface area contributed by atoms with Crippen molar-refractivity contribution in [1.29, 1.82) is 0 Å². The summed E-state index contributed by atoms with van der Waals surface area (Å²) in [6.45, 7) is 0.726. The summed E-state index contributed by atoms with van der Waals surface area (Å²) >= 11 is 5.98. The molecule has 1 aliphatic heterocycles. The van der Waals surface area contributed by atoms with Crippen LogP contribution in [0, 0.1) is 0 Å². The largest absolute Gasteiger partial charge is 0.394 e. The van der Waals surface area contributed by atoms with Crippen LogP contribution in [0.4, 0.5) is 0 Å². The lowest BCUT2D eigenvalue weighted by Crippen LogP contribution is -2.29. The maximum absolute atomic E-state index is 6.46. The molecule has 0 spiro atoms. The molecule has 0 saturated carbocycles. The summed E-state index contributed by atoms with van der Waals surface area (Å²) in [5.74, 6) is 0. The Hall–Kier alpha value is -2.15. The Morgan fingerprint density at radius 2 is 2.30 bits per heavy atom. The van der Waals surface area contributed by atoms with Crippen LogP contribution in [0.15, 0.2) is 42.4 Å². The molecule has 0 amide bonds. The number of pyridine rings is 2. The molecule has 3 heterocycles. The second kappa shape index (κ2) is 6.54. The standard InChI is InChI=1S/C16H19ClN6/c1-19-8-12(16(18)11-7-21-23(2)9-11)10-5-14-13(20-6-10)3-4-15(17)22-14/h3-6,8-9,16,19,21H,7,18H2,1-2H3/b12-8-. The van der Waals surface area contributed by atoms with Crippen molar-refractivity contribution in [1.82, 2.24) is 25.7 Å². The molecular formula is C16H19ClN6. The molecule has 1 atom stereocenters. The first-order valence-electron chi connectivity index (χ1n) is 7.31. The zero-order valence-electron chi connectivity index (χ0n) is 13.0. The average Bonchev–Trinajstić information content (AvgIpc) is 2.98. The smallest absolute Gasteiger partial charge is 0.129 e. The molecule has 6 nitrogen and oxygen atoms in total. The van der Waals surface area contributed by atoms with Gasteiger partial charge >= 0.3 is 0 Å². The molecule has 23 heavy (non-hydrogen) atoms. The number of hydrogen-bond donors (Lipinski definition) is 3. The Balaban J connectivity index is 2.01. The Bertz CT molecular complexity index is 785. The van der Waals surface area contributed by atoms with Gasteiger partial charge in [0.1, 0.15) is 5.15 Å². The third kappa shape index (κ3) is 3.29. The predicted octanol–water partition coefficient (Wildman–Crippen LogP) is 1.50. The van der Waals surface area contributed by atoms with Crippen molar-refractivity contribution in [3.8, 4) is 0 Å². The van der Waals surface area contributed by atoms with Crippen LogP contribution in [-0.2, 0) is 0 Å². The lowest BCUT2D eigenvalue weighted by molar-refractivity contribution is 0.373. The molecule has 2 aromatic rings. The fourth-order valence-corrected chi connectivity index (χ4v) is 2.75. The van der Waals surface area contributed by atoms with E-state index in [1.54, 1.807) is 6.07 Å². The van der Waals surface area contributed by atoms with Crippen LogP contribution in [-0.4, -0.2) is 41.7 Å². The van der Waals surface area contributed by atoms with Gasteiger partial charge in [-0.25, -0.2) is 10.4 Å². The van der Waals surface area contributed by atoms with Crippen LogP contribution in [0.2, 0.25) is 5.15 Å². The maximum Gasteiger partial charge on any atom is 0.129 e. The summed E-state index contributed by atoms with van der Waals surface area (Å²) < 4.78 is 0. The van der Waals surface area contributed by atoms with Gasteiger partial charge in [0.05, 0.1) is 17.1 Å². The summed E-state index contributed by atoms with van der Waals surface area (Å²) in [5, 5.41) is 5.42. The Labute approximate surface area is 140 Å². The molecule has 4 N–H and O–H groups in total. The van der Waals surface area contributed by atoms with Crippen molar-refractivity contribution in [3.05, 3.63) is 53.1 Å². The van der Waals surface area contributed by atoms with Crippen molar-refractivity contribution >= 4 is 28.2 Å². The lowest BCUT2D eigenvalue weighted by atomic mass is 9.95. The predicted molar refractivity (Wildman–Crippen MR) is 93.4 cm³/mol. The van der Waals surface area contributed by atoms with Gasteiger partial charge in [0.15, 0.2) is 0 Å². The molecule has 120 valence electrons. The van der Waals surface area contributed by atoms with Gasteiger partial charge in [-0.05, 0) is 29.3 Å². The van der Waals surface area contributed by atoms with Crippen LogP contribution in [0.25, 0.3) is 16.6 Å². The molecule has 2 aromatic heterocycles. The van der Waals surface area contributed by atoms with E-state index in [0.29, 0.717) is 5.15 Å². The Morgan fingerprint density at radius 3 is 3.00 bits per heavy atom. The highest BCUT2D eigenvalue weighted by molar-refractivity contribution is 6.29. The van der Waals surface area contributed by atoms with Gasteiger partial charge in [0, 0.05) is 44.8 Å². The van der Waals surface area contributed by atoms with E-state index in [1.807, 2.05) is 49.8 Å². The Morgan fingerprint density at radius 1 is 1.48 bits per heavy atom. The Kier molecular flexibility index (Phi) is 4.47. The molecule has 0 aliphatic carbocycles. The molecular weight excluding hydrogens is 312 g/mol. The van der Waals surface area contributed by atoms with E-state index in [1.165, 1.54) is 0 Å². The minimum atomic E-state index is -0.238. The molecule has 3 rings (SSSR count). The van der Waals surface area contributed by atoms with Crippen LogP contribution in [0.5, 0.6) is 0 Å². The van der Waals surface area contributed by atoms with Gasteiger partial charge in [0.2, 0.25) is 0 Å². The molecule has 0 bridgehead atoms. The zero-order valence-corrected chi connectivity index (χ0v) is 13.8. The third-order valence-electron chi connectivity index (χ3n) is 3.76. The number of halogens is 1. The monoisotopic (exact) mass is 330 g/mol. The van der Waals surface area contributed by atoms with Gasteiger partial charge in [0.25, 0.3) is 0 Å². The van der Waals surface area contributed by atoms with E-state index in [2.05, 4.69) is 20.7 Å². The van der Waals surface area contributed by atoms with Crippen molar-refractivity contribution in [2.24, 2.45) is 5.73 Å².